The molecule has 1 aromatic carbocycles. The molecule has 7 heteroatoms. The number of aromatic hydroxyl groups is 1. The first-order valence-electron chi connectivity index (χ1n) is 10.1. The highest BCUT2D eigenvalue weighted by molar-refractivity contribution is 6.09. The number of nitrogens with zero attached hydrogens (tertiary/aromatic N) is 3. The van der Waals surface area contributed by atoms with Crippen molar-refractivity contribution < 1.29 is 9.84 Å². The summed E-state index contributed by atoms with van der Waals surface area (Å²) in [6.45, 7) is 8.73. The fourth-order valence-corrected chi connectivity index (χ4v) is 4.29. The lowest BCUT2D eigenvalue weighted by Gasteiger charge is -2.46. The van der Waals surface area contributed by atoms with E-state index in [0.29, 0.717) is 17.1 Å². The molecule has 0 spiro atoms. The number of nitrogens with one attached hydrogen (secondary N) is 1. The van der Waals surface area contributed by atoms with Gasteiger partial charge in [0.05, 0.1) is 5.69 Å². The lowest BCUT2D eigenvalue weighted by Crippen LogP contribution is -2.60. The van der Waals surface area contributed by atoms with Crippen molar-refractivity contribution in [2.24, 2.45) is 10.7 Å². The van der Waals surface area contributed by atoms with Gasteiger partial charge in [0.25, 0.3) is 0 Å². The fraction of sp³-hybridized carbons (Fsp3) is 0.435. The minimum atomic E-state index is -0.00731. The molecule has 3 rings (SSSR count). The second-order valence-corrected chi connectivity index (χ2v) is 9.04. The van der Waals surface area contributed by atoms with Crippen LogP contribution in [0.25, 0.3) is 16.8 Å². The third-order valence-corrected chi connectivity index (χ3v) is 5.13. The van der Waals surface area contributed by atoms with Crippen LogP contribution in [0.4, 0.5) is 0 Å². The van der Waals surface area contributed by atoms with Gasteiger partial charge in [-0.3, -0.25) is 4.99 Å². The number of allylic oxidation sites excluding steroid dienone is 1. The largest absolute Gasteiger partial charge is 0.507 e. The molecule has 0 radical (unpaired) electrons. The molecule has 1 fully saturated rings. The topological polar surface area (TPSA) is 106 Å². The fourth-order valence-electron chi connectivity index (χ4n) is 4.29. The number of phenols is 1. The van der Waals surface area contributed by atoms with Crippen molar-refractivity contribution in [2.45, 2.75) is 57.7 Å². The van der Waals surface area contributed by atoms with E-state index < -0.39 is 0 Å². The number of phenolic OH excluding ortho intramolecular Hbond substituents is 1. The summed E-state index contributed by atoms with van der Waals surface area (Å²) in [6, 6.07) is 8.90. The van der Waals surface area contributed by atoms with Gasteiger partial charge in [0.2, 0.25) is 5.88 Å². The number of piperidine rings is 1. The van der Waals surface area contributed by atoms with Crippen LogP contribution < -0.4 is 15.8 Å². The summed E-state index contributed by atoms with van der Waals surface area (Å²) in [7, 11) is 1.67. The molecule has 2 heterocycles. The minimum absolute atomic E-state index is 0.00731. The Labute approximate surface area is 178 Å². The van der Waals surface area contributed by atoms with Gasteiger partial charge in [-0.2, -0.15) is 0 Å². The molecule has 1 aliphatic rings. The number of rotatable bonds is 5. The Morgan fingerprint density at radius 2 is 1.87 bits per heavy atom. The molecule has 0 saturated carbocycles. The van der Waals surface area contributed by atoms with Gasteiger partial charge in [0.15, 0.2) is 0 Å². The third kappa shape index (κ3) is 5.16. The van der Waals surface area contributed by atoms with Crippen LogP contribution in [0.3, 0.4) is 0 Å². The van der Waals surface area contributed by atoms with Crippen molar-refractivity contribution in [3.05, 3.63) is 42.1 Å². The van der Waals surface area contributed by atoms with Crippen molar-refractivity contribution in [2.75, 3.05) is 7.05 Å². The number of hydrogen-bond donors (Lipinski definition) is 3. The predicted octanol–water partition coefficient (Wildman–Crippen LogP) is 3.54. The highest BCUT2D eigenvalue weighted by atomic mass is 16.5. The number of ether oxygens (including phenoxy) is 1. The smallest absolute Gasteiger partial charge is 0.233 e. The van der Waals surface area contributed by atoms with Crippen molar-refractivity contribution in [3.63, 3.8) is 0 Å². The van der Waals surface area contributed by atoms with E-state index >= 15 is 0 Å². The molecule has 0 amide bonds. The zero-order valence-electron chi connectivity index (χ0n) is 18.3. The Morgan fingerprint density at radius 1 is 1.17 bits per heavy atom. The average molecular weight is 410 g/mol. The molecule has 0 bridgehead atoms. The maximum Gasteiger partial charge on any atom is 0.233 e. The highest BCUT2D eigenvalue weighted by Crippen LogP contribution is 2.33. The molecule has 30 heavy (non-hydrogen) atoms. The number of aromatic nitrogens is 2. The van der Waals surface area contributed by atoms with Crippen LogP contribution in [0.15, 0.2) is 41.5 Å². The maximum atomic E-state index is 10.5. The number of hydrogen-bond acceptors (Lipinski definition) is 7. The second-order valence-electron chi connectivity index (χ2n) is 9.04. The van der Waals surface area contributed by atoms with Gasteiger partial charge in [-0.15, -0.1) is 10.2 Å². The summed E-state index contributed by atoms with van der Waals surface area (Å²) >= 11 is 0. The third-order valence-electron chi connectivity index (χ3n) is 5.13. The molecule has 1 saturated heterocycles. The quantitative estimate of drug-likeness (QED) is 0.652. The normalized spacial score (nSPS) is 19.2. The summed E-state index contributed by atoms with van der Waals surface area (Å²) in [4.78, 5) is 3.97. The van der Waals surface area contributed by atoms with E-state index in [9.17, 15) is 5.11 Å². The molecule has 1 aliphatic heterocycles. The number of nitrogens with two attached hydrogens (primary N) is 1. The van der Waals surface area contributed by atoms with Gasteiger partial charge in [-0.1, -0.05) is 6.07 Å². The van der Waals surface area contributed by atoms with E-state index in [-0.39, 0.29) is 22.9 Å². The van der Waals surface area contributed by atoms with Gasteiger partial charge in [-0.25, -0.2) is 0 Å². The van der Waals surface area contributed by atoms with Crippen LogP contribution in [0.2, 0.25) is 0 Å². The molecule has 0 unspecified atom stereocenters. The molecule has 7 nitrogen and oxygen atoms in total. The predicted molar refractivity (Wildman–Crippen MR) is 121 cm³/mol. The molecule has 0 aliphatic carbocycles. The van der Waals surface area contributed by atoms with E-state index in [1.54, 1.807) is 31.5 Å². The SMILES string of the molecule is CN=C/C(=C\N)c1ccc(-c2ccc(OC3CC(C)(C)NC(C)(C)C3)nn2)c(O)c1. The Morgan fingerprint density at radius 3 is 2.40 bits per heavy atom. The Bertz CT molecular complexity index is 933. The highest BCUT2D eigenvalue weighted by Gasteiger charge is 2.38. The van der Waals surface area contributed by atoms with Crippen molar-refractivity contribution in [1.82, 2.24) is 15.5 Å². The summed E-state index contributed by atoms with van der Waals surface area (Å²) in [5.74, 6) is 0.585. The first-order valence-corrected chi connectivity index (χ1v) is 10.1. The molecule has 2 aromatic rings. The number of benzene rings is 1. The molecule has 0 atom stereocenters. The van der Waals surface area contributed by atoms with Gasteiger partial charge in [-0.05, 0) is 51.5 Å². The van der Waals surface area contributed by atoms with Crippen molar-refractivity contribution in [3.8, 4) is 22.9 Å². The monoisotopic (exact) mass is 409 g/mol. The zero-order chi connectivity index (χ0) is 21.9. The van der Waals surface area contributed by atoms with E-state index in [1.165, 1.54) is 6.20 Å². The van der Waals surface area contributed by atoms with Crippen LogP contribution in [0.5, 0.6) is 11.6 Å². The van der Waals surface area contributed by atoms with Crippen LogP contribution in [0, 0.1) is 0 Å². The number of aliphatic imine (C=N–C) groups is 1. The van der Waals surface area contributed by atoms with Gasteiger partial charge in [0, 0.05) is 60.6 Å². The molecular formula is C23H31N5O2. The standard InChI is InChI=1S/C23H31N5O2/c1-22(2)11-17(12-23(3,4)28-22)30-21-9-8-19(26-27-21)18-7-6-15(10-20(18)29)16(13-24)14-25-5/h6-10,13-14,17,28-29H,11-12,24H2,1-5H3/b16-13+,25-14?. The first kappa shape index (κ1) is 21.8. The average Bonchev–Trinajstić information content (AvgIpc) is 2.64. The lowest BCUT2D eigenvalue weighted by molar-refractivity contribution is 0.0524. The maximum absolute atomic E-state index is 10.5. The minimum Gasteiger partial charge on any atom is -0.507 e. The van der Waals surface area contributed by atoms with E-state index in [0.717, 1.165) is 24.0 Å². The Hall–Kier alpha value is -2.93. The van der Waals surface area contributed by atoms with Crippen LogP contribution in [-0.2, 0) is 0 Å². The molecule has 4 N–H and O–H groups in total. The summed E-state index contributed by atoms with van der Waals surface area (Å²) < 4.78 is 6.13. The van der Waals surface area contributed by atoms with E-state index in [2.05, 4.69) is 48.2 Å². The second kappa shape index (κ2) is 8.44. The summed E-state index contributed by atoms with van der Waals surface area (Å²) in [5, 5.41) is 22.6. The van der Waals surface area contributed by atoms with Crippen LogP contribution >= 0.6 is 0 Å². The molecule has 160 valence electrons. The van der Waals surface area contributed by atoms with Crippen LogP contribution in [-0.4, -0.2) is 45.7 Å². The molecule has 1 aromatic heterocycles. The zero-order valence-corrected chi connectivity index (χ0v) is 18.3. The van der Waals surface area contributed by atoms with Crippen molar-refractivity contribution in [1.29, 1.82) is 0 Å². The first-order chi connectivity index (χ1) is 14.1. The Kier molecular flexibility index (Phi) is 6.12. The lowest BCUT2D eigenvalue weighted by atomic mass is 9.81. The van der Waals surface area contributed by atoms with Crippen LogP contribution in [0.1, 0.15) is 46.1 Å². The van der Waals surface area contributed by atoms with E-state index in [4.69, 9.17) is 10.5 Å². The van der Waals surface area contributed by atoms with Gasteiger partial charge < -0.3 is 20.9 Å². The van der Waals surface area contributed by atoms with Gasteiger partial charge >= 0.3 is 0 Å². The summed E-state index contributed by atoms with van der Waals surface area (Å²) in [6.07, 6.45) is 4.94. The Balaban J connectivity index is 1.76. The van der Waals surface area contributed by atoms with Crippen molar-refractivity contribution >= 4 is 11.8 Å². The molecular weight excluding hydrogens is 378 g/mol. The van der Waals surface area contributed by atoms with E-state index in [1.807, 2.05) is 12.1 Å². The van der Waals surface area contributed by atoms with Gasteiger partial charge in [0.1, 0.15) is 11.9 Å². The summed E-state index contributed by atoms with van der Waals surface area (Å²) in [5.41, 5.74) is 8.28.